The van der Waals surface area contributed by atoms with E-state index in [0.29, 0.717) is 6.61 Å². The average molecular weight is 357 g/mol. The molecule has 0 saturated heterocycles. The molecule has 1 aliphatic heterocycles. The molecular formula is C25H27NO. The molecule has 1 N–H and O–H groups in total. The van der Waals surface area contributed by atoms with Gasteiger partial charge in [-0.2, -0.15) is 0 Å². The van der Waals surface area contributed by atoms with Gasteiger partial charge in [0, 0.05) is 6.54 Å². The fraction of sp³-hybridized carbons (Fsp3) is 0.280. The highest BCUT2D eigenvalue weighted by atomic mass is 16.5. The number of hydrogen-bond donors (Lipinski definition) is 1. The first-order valence-electron chi connectivity index (χ1n) is 9.72. The van der Waals surface area contributed by atoms with E-state index in [-0.39, 0.29) is 6.04 Å². The lowest BCUT2D eigenvalue weighted by Crippen LogP contribution is -2.31. The van der Waals surface area contributed by atoms with Gasteiger partial charge in [-0.05, 0) is 72.7 Å². The van der Waals surface area contributed by atoms with E-state index in [1.165, 1.54) is 38.9 Å². The molecule has 0 amide bonds. The van der Waals surface area contributed by atoms with E-state index in [1.54, 1.807) is 0 Å². The summed E-state index contributed by atoms with van der Waals surface area (Å²) < 4.78 is 6.04. The van der Waals surface area contributed by atoms with Crippen molar-refractivity contribution in [1.29, 1.82) is 0 Å². The van der Waals surface area contributed by atoms with Crippen LogP contribution in [0, 0.1) is 20.8 Å². The highest BCUT2D eigenvalue weighted by Crippen LogP contribution is 2.34. The minimum Gasteiger partial charge on any atom is -0.489 e. The number of hydrogen-bond acceptors (Lipinski definition) is 2. The van der Waals surface area contributed by atoms with Crippen LogP contribution in [0.5, 0.6) is 5.75 Å². The Bertz CT molecular complexity index is 923. The first-order valence-corrected chi connectivity index (χ1v) is 9.72. The van der Waals surface area contributed by atoms with Crippen LogP contribution in [-0.4, -0.2) is 6.54 Å². The van der Waals surface area contributed by atoms with Gasteiger partial charge >= 0.3 is 0 Å². The van der Waals surface area contributed by atoms with Gasteiger partial charge in [0.05, 0.1) is 6.04 Å². The van der Waals surface area contributed by atoms with Gasteiger partial charge in [-0.3, -0.25) is 0 Å². The van der Waals surface area contributed by atoms with Gasteiger partial charge in [0.25, 0.3) is 0 Å². The van der Waals surface area contributed by atoms with Crippen LogP contribution in [0.2, 0.25) is 0 Å². The largest absolute Gasteiger partial charge is 0.489 e. The van der Waals surface area contributed by atoms with Crippen LogP contribution >= 0.6 is 0 Å². The Morgan fingerprint density at radius 2 is 1.67 bits per heavy atom. The van der Waals surface area contributed by atoms with Crippen LogP contribution < -0.4 is 10.1 Å². The van der Waals surface area contributed by atoms with E-state index in [0.717, 1.165) is 18.7 Å². The summed E-state index contributed by atoms with van der Waals surface area (Å²) in [6, 6.07) is 21.7. The summed E-state index contributed by atoms with van der Waals surface area (Å²) in [6.45, 7) is 8.22. The Kier molecular flexibility index (Phi) is 5.00. The average Bonchev–Trinajstić information content (AvgIpc) is 2.66. The lowest BCUT2D eigenvalue weighted by atomic mass is 9.85. The fourth-order valence-corrected chi connectivity index (χ4v) is 4.28. The van der Waals surface area contributed by atoms with Crippen LogP contribution in [0.4, 0.5) is 0 Å². The van der Waals surface area contributed by atoms with Crippen molar-refractivity contribution in [2.45, 2.75) is 39.8 Å². The van der Waals surface area contributed by atoms with Gasteiger partial charge in [-0.15, -0.1) is 0 Å². The van der Waals surface area contributed by atoms with E-state index < -0.39 is 0 Å². The molecule has 1 atom stereocenters. The molecule has 3 aromatic carbocycles. The molecule has 2 heteroatoms. The van der Waals surface area contributed by atoms with Crippen LogP contribution in [0.1, 0.15) is 45.0 Å². The number of fused-ring (bicyclic) bond motifs is 1. The maximum Gasteiger partial charge on any atom is 0.120 e. The predicted molar refractivity (Wildman–Crippen MR) is 111 cm³/mol. The SMILES string of the molecule is Cc1cc(C)c(C2NCCc3cc(OCc4ccccc4)ccc32)c(C)c1. The molecule has 0 radical (unpaired) electrons. The molecule has 1 unspecified atom stereocenters. The van der Waals surface area contributed by atoms with Gasteiger partial charge in [0.1, 0.15) is 12.4 Å². The Hall–Kier alpha value is -2.58. The summed E-state index contributed by atoms with van der Waals surface area (Å²) in [5, 5.41) is 3.73. The maximum absolute atomic E-state index is 6.04. The normalized spacial score (nSPS) is 16.0. The second kappa shape index (κ2) is 7.58. The molecule has 3 aromatic rings. The Labute approximate surface area is 162 Å². The lowest BCUT2D eigenvalue weighted by Gasteiger charge is -2.30. The summed E-state index contributed by atoms with van der Waals surface area (Å²) in [6.07, 6.45) is 1.04. The van der Waals surface area contributed by atoms with Crippen molar-refractivity contribution >= 4 is 0 Å². The molecule has 2 nitrogen and oxygen atoms in total. The van der Waals surface area contributed by atoms with Gasteiger partial charge in [0.2, 0.25) is 0 Å². The van der Waals surface area contributed by atoms with E-state index in [1.807, 2.05) is 18.2 Å². The molecule has 0 spiro atoms. The highest BCUT2D eigenvalue weighted by molar-refractivity contribution is 5.49. The Balaban J connectivity index is 1.61. The standard InChI is InChI=1S/C25H27NO/c1-17-13-18(2)24(19(3)14-17)25-23-10-9-22(15-21(23)11-12-26-25)27-16-20-7-5-4-6-8-20/h4-10,13-15,25-26H,11-12,16H2,1-3H3. The van der Waals surface area contributed by atoms with Crippen molar-refractivity contribution in [2.75, 3.05) is 6.54 Å². The summed E-state index contributed by atoms with van der Waals surface area (Å²) in [4.78, 5) is 0. The Morgan fingerprint density at radius 1 is 0.926 bits per heavy atom. The number of benzene rings is 3. The van der Waals surface area contributed by atoms with E-state index >= 15 is 0 Å². The van der Waals surface area contributed by atoms with Crippen LogP contribution in [-0.2, 0) is 13.0 Å². The quantitative estimate of drug-likeness (QED) is 0.672. The van der Waals surface area contributed by atoms with Crippen molar-refractivity contribution in [2.24, 2.45) is 0 Å². The molecular weight excluding hydrogens is 330 g/mol. The molecule has 0 fully saturated rings. The second-order valence-corrected chi connectivity index (χ2v) is 7.58. The minimum absolute atomic E-state index is 0.262. The third-order valence-electron chi connectivity index (χ3n) is 5.44. The van der Waals surface area contributed by atoms with Crippen molar-refractivity contribution in [3.05, 3.63) is 99.6 Å². The number of rotatable bonds is 4. The van der Waals surface area contributed by atoms with Crippen molar-refractivity contribution in [3.63, 3.8) is 0 Å². The van der Waals surface area contributed by atoms with Crippen LogP contribution in [0.15, 0.2) is 60.7 Å². The van der Waals surface area contributed by atoms with Gasteiger partial charge in [0.15, 0.2) is 0 Å². The number of aryl methyl sites for hydroxylation is 3. The van der Waals surface area contributed by atoms with Gasteiger partial charge in [-0.25, -0.2) is 0 Å². The monoisotopic (exact) mass is 357 g/mol. The highest BCUT2D eigenvalue weighted by Gasteiger charge is 2.24. The zero-order chi connectivity index (χ0) is 18.8. The molecule has 1 heterocycles. The molecule has 27 heavy (non-hydrogen) atoms. The third kappa shape index (κ3) is 3.77. The summed E-state index contributed by atoms with van der Waals surface area (Å²) >= 11 is 0. The summed E-state index contributed by atoms with van der Waals surface area (Å²) in [5.74, 6) is 0.954. The fourth-order valence-electron chi connectivity index (χ4n) is 4.28. The summed E-state index contributed by atoms with van der Waals surface area (Å²) in [5.41, 5.74) is 9.44. The third-order valence-corrected chi connectivity index (χ3v) is 5.44. The van der Waals surface area contributed by atoms with Gasteiger partial charge < -0.3 is 10.1 Å². The molecule has 1 aliphatic rings. The zero-order valence-corrected chi connectivity index (χ0v) is 16.4. The van der Waals surface area contributed by atoms with Crippen molar-refractivity contribution in [3.8, 4) is 5.75 Å². The molecule has 0 bridgehead atoms. The van der Waals surface area contributed by atoms with E-state index in [2.05, 4.69) is 68.6 Å². The van der Waals surface area contributed by atoms with Crippen molar-refractivity contribution in [1.82, 2.24) is 5.32 Å². The van der Waals surface area contributed by atoms with Crippen LogP contribution in [0.3, 0.4) is 0 Å². The lowest BCUT2D eigenvalue weighted by molar-refractivity contribution is 0.305. The van der Waals surface area contributed by atoms with E-state index in [4.69, 9.17) is 4.74 Å². The maximum atomic E-state index is 6.04. The molecule has 4 rings (SSSR count). The zero-order valence-electron chi connectivity index (χ0n) is 16.4. The van der Waals surface area contributed by atoms with Crippen molar-refractivity contribution < 1.29 is 4.74 Å². The van der Waals surface area contributed by atoms with Crippen LogP contribution in [0.25, 0.3) is 0 Å². The smallest absolute Gasteiger partial charge is 0.120 e. The Morgan fingerprint density at radius 3 is 2.41 bits per heavy atom. The topological polar surface area (TPSA) is 21.3 Å². The molecule has 0 aromatic heterocycles. The summed E-state index contributed by atoms with van der Waals surface area (Å²) in [7, 11) is 0. The number of nitrogens with one attached hydrogen (secondary N) is 1. The van der Waals surface area contributed by atoms with E-state index in [9.17, 15) is 0 Å². The first-order chi connectivity index (χ1) is 13.1. The minimum atomic E-state index is 0.262. The first kappa shape index (κ1) is 17.8. The predicted octanol–water partition coefficient (Wildman–Crippen LogP) is 5.43. The molecule has 0 saturated carbocycles. The molecule has 138 valence electrons. The van der Waals surface area contributed by atoms with Gasteiger partial charge in [-0.1, -0.05) is 54.1 Å². The second-order valence-electron chi connectivity index (χ2n) is 7.58. The number of ether oxygens (including phenoxy) is 1. The molecule has 0 aliphatic carbocycles.